The van der Waals surface area contributed by atoms with E-state index >= 15 is 0 Å². The predicted molar refractivity (Wildman–Crippen MR) is 154 cm³/mol. The number of sulfonamides is 1. The number of nitrogens with one attached hydrogen (secondary N) is 1. The summed E-state index contributed by atoms with van der Waals surface area (Å²) in [5, 5.41) is 3.26. The highest BCUT2D eigenvalue weighted by Gasteiger charge is 2.34. The predicted octanol–water partition coefficient (Wildman–Crippen LogP) is 4.00. The van der Waals surface area contributed by atoms with Gasteiger partial charge in [0.2, 0.25) is 28.6 Å². The molecule has 0 saturated carbocycles. The van der Waals surface area contributed by atoms with E-state index in [0.717, 1.165) is 9.87 Å². The largest absolute Gasteiger partial charge is 0.454 e. The van der Waals surface area contributed by atoms with Gasteiger partial charge in [-0.25, -0.2) is 8.42 Å². The minimum Gasteiger partial charge on any atom is -0.454 e. The highest BCUT2D eigenvalue weighted by atomic mass is 35.5. The first-order chi connectivity index (χ1) is 19.2. The summed E-state index contributed by atoms with van der Waals surface area (Å²) in [5.41, 5.74) is 1.74. The first kappa shape index (κ1) is 29.2. The molecule has 2 amide bonds. The van der Waals surface area contributed by atoms with Gasteiger partial charge in [0, 0.05) is 30.6 Å². The maximum absolute atomic E-state index is 14.1. The summed E-state index contributed by atoms with van der Waals surface area (Å²) >= 11 is 6.46. The fraction of sp³-hybridized carbons (Fsp3) is 0.310. The Bertz CT molecular complexity index is 1450. The summed E-state index contributed by atoms with van der Waals surface area (Å²) in [5.74, 6) is -0.258. The minimum absolute atomic E-state index is 0.00823. The van der Waals surface area contributed by atoms with Gasteiger partial charge in [-0.15, -0.1) is 0 Å². The Morgan fingerprint density at radius 3 is 2.38 bits per heavy atom. The van der Waals surface area contributed by atoms with Crippen molar-refractivity contribution in [2.75, 3.05) is 29.9 Å². The third kappa shape index (κ3) is 6.86. The van der Waals surface area contributed by atoms with E-state index in [1.807, 2.05) is 30.3 Å². The number of fused-ring (bicyclic) bond motifs is 1. The third-order valence-corrected chi connectivity index (χ3v) is 8.65. The molecule has 0 saturated heterocycles. The van der Waals surface area contributed by atoms with Crippen LogP contribution in [-0.2, 0) is 32.6 Å². The summed E-state index contributed by atoms with van der Waals surface area (Å²) in [4.78, 5) is 28.9. The third-order valence-electron chi connectivity index (χ3n) is 6.54. The second kappa shape index (κ2) is 13.1. The van der Waals surface area contributed by atoms with E-state index in [1.165, 1.54) is 17.9 Å². The molecule has 1 heterocycles. The fourth-order valence-corrected chi connectivity index (χ4v) is 5.67. The number of hydrogen-bond acceptors (Lipinski definition) is 6. The fourth-order valence-electron chi connectivity index (χ4n) is 4.42. The number of halogens is 1. The number of ether oxygens (including phenoxy) is 2. The number of likely N-dealkylation sites (N-methyl/N-ethyl adjacent to an activating group) is 1. The van der Waals surface area contributed by atoms with Crippen molar-refractivity contribution in [3.8, 4) is 11.5 Å². The van der Waals surface area contributed by atoms with Crippen molar-refractivity contribution in [1.29, 1.82) is 0 Å². The molecule has 9 nitrogen and oxygen atoms in total. The van der Waals surface area contributed by atoms with Gasteiger partial charge in [0.1, 0.15) is 12.6 Å². The lowest BCUT2D eigenvalue weighted by atomic mass is 10.0. The summed E-state index contributed by atoms with van der Waals surface area (Å²) in [6.07, 6.45) is 0.230. The van der Waals surface area contributed by atoms with Gasteiger partial charge in [0.15, 0.2) is 11.5 Å². The Morgan fingerprint density at radius 2 is 1.68 bits per heavy atom. The van der Waals surface area contributed by atoms with Crippen LogP contribution in [0.2, 0.25) is 5.02 Å². The number of rotatable bonds is 12. The molecule has 0 fully saturated rings. The van der Waals surface area contributed by atoms with Gasteiger partial charge in [-0.05, 0) is 43.2 Å². The van der Waals surface area contributed by atoms with Crippen LogP contribution >= 0.6 is 11.6 Å². The van der Waals surface area contributed by atoms with Gasteiger partial charge in [-0.1, -0.05) is 60.1 Å². The number of carbonyl (C=O) groups is 2. The van der Waals surface area contributed by atoms with Crippen LogP contribution in [-0.4, -0.2) is 56.8 Å². The lowest BCUT2D eigenvalue weighted by molar-refractivity contribution is -0.140. The summed E-state index contributed by atoms with van der Waals surface area (Å²) in [7, 11) is -3.89. The average molecular weight is 586 g/mol. The van der Waals surface area contributed by atoms with E-state index in [1.54, 1.807) is 43.3 Å². The standard InChI is InChI=1S/C29H32ClN3O6S/c1-3-31-29(35)25(16-21-10-6-5-7-11-21)32(18-22-12-8-9-13-24(22)30)28(34)19-33(40(36,37)4-2)23-14-15-26-27(17-23)39-20-38-26/h5-15,17,25H,3-4,16,18-20H2,1-2H3,(H,31,35)/t25-/m0/s1. The van der Waals surface area contributed by atoms with E-state index in [-0.39, 0.29) is 37.1 Å². The maximum Gasteiger partial charge on any atom is 0.244 e. The van der Waals surface area contributed by atoms with Gasteiger partial charge in [0.25, 0.3) is 0 Å². The van der Waals surface area contributed by atoms with Crippen LogP contribution in [0.5, 0.6) is 11.5 Å². The Morgan fingerprint density at radius 1 is 0.975 bits per heavy atom. The van der Waals surface area contributed by atoms with Crippen LogP contribution in [0.3, 0.4) is 0 Å². The normalized spacial score (nSPS) is 13.0. The maximum atomic E-state index is 14.1. The molecule has 1 aliphatic heterocycles. The Labute approximate surface area is 239 Å². The van der Waals surface area contributed by atoms with Gasteiger partial charge in [-0.2, -0.15) is 0 Å². The molecule has 0 radical (unpaired) electrons. The molecule has 1 atom stereocenters. The van der Waals surface area contributed by atoms with Crippen molar-refractivity contribution < 1.29 is 27.5 Å². The molecule has 1 N–H and O–H groups in total. The SMILES string of the molecule is CCNC(=O)[C@H](Cc1ccccc1)N(Cc1ccccc1Cl)C(=O)CN(c1ccc2c(c1)OCO2)S(=O)(=O)CC. The second-order valence-electron chi connectivity index (χ2n) is 9.16. The average Bonchev–Trinajstić information content (AvgIpc) is 3.43. The minimum atomic E-state index is -3.89. The molecule has 4 rings (SSSR count). The molecule has 11 heteroatoms. The molecule has 0 bridgehead atoms. The van der Waals surface area contributed by atoms with E-state index in [9.17, 15) is 18.0 Å². The van der Waals surface area contributed by atoms with E-state index in [0.29, 0.717) is 28.6 Å². The monoisotopic (exact) mass is 585 g/mol. The first-order valence-electron chi connectivity index (χ1n) is 13.0. The van der Waals surface area contributed by atoms with Crippen LogP contribution in [0.4, 0.5) is 5.69 Å². The Balaban J connectivity index is 1.74. The van der Waals surface area contributed by atoms with Crippen molar-refractivity contribution in [2.24, 2.45) is 0 Å². The van der Waals surface area contributed by atoms with Crippen LogP contribution in [0, 0.1) is 0 Å². The van der Waals surface area contributed by atoms with Crippen molar-refractivity contribution in [3.05, 3.63) is 88.9 Å². The molecule has 0 aliphatic carbocycles. The van der Waals surface area contributed by atoms with Gasteiger partial charge in [-0.3, -0.25) is 13.9 Å². The van der Waals surface area contributed by atoms with Crippen molar-refractivity contribution in [1.82, 2.24) is 10.2 Å². The van der Waals surface area contributed by atoms with Crippen LogP contribution < -0.4 is 19.1 Å². The molecule has 212 valence electrons. The summed E-state index contributed by atoms with van der Waals surface area (Å²) in [6.45, 7) is 3.18. The number of hydrogen-bond donors (Lipinski definition) is 1. The molecule has 0 aromatic heterocycles. The summed E-state index contributed by atoms with van der Waals surface area (Å²) < 4.78 is 38.3. The Hall–Kier alpha value is -3.76. The molecular formula is C29H32ClN3O6S. The zero-order valence-corrected chi connectivity index (χ0v) is 24.0. The molecule has 3 aromatic rings. The van der Waals surface area contributed by atoms with Crippen LogP contribution in [0.15, 0.2) is 72.8 Å². The lowest BCUT2D eigenvalue weighted by Gasteiger charge is -2.34. The topological polar surface area (TPSA) is 105 Å². The number of nitrogens with zero attached hydrogens (tertiary/aromatic N) is 2. The highest BCUT2D eigenvalue weighted by Crippen LogP contribution is 2.36. The van der Waals surface area contributed by atoms with Crippen molar-refractivity contribution in [3.63, 3.8) is 0 Å². The zero-order valence-electron chi connectivity index (χ0n) is 22.4. The van der Waals surface area contributed by atoms with Crippen molar-refractivity contribution in [2.45, 2.75) is 32.9 Å². The van der Waals surface area contributed by atoms with Crippen LogP contribution in [0.25, 0.3) is 0 Å². The van der Waals surface area contributed by atoms with Gasteiger partial charge < -0.3 is 19.7 Å². The van der Waals surface area contributed by atoms with Crippen molar-refractivity contribution >= 4 is 39.1 Å². The number of amides is 2. The number of anilines is 1. The smallest absolute Gasteiger partial charge is 0.244 e. The molecule has 40 heavy (non-hydrogen) atoms. The van der Waals surface area contributed by atoms with Gasteiger partial charge >= 0.3 is 0 Å². The second-order valence-corrected chi connectivity index (χ2v) is 11.7. The number of carbonyl (C=O) groups excluding carboxylic acids is 2. The van der Waals surface area contributed by atoms with E-state index in [4.69, 9.17) is 21.1 Å². The van der Waals surface area contributed by atoms with Crippen LogP contribution in [0.1, 0.15) is 25.0 Å². The van der Waals surface area contributed by atoms with Gasteiger partial charge in [0.05, 0.1) is 11.4 Å². The molecule has 3 aromatic carbocycles. The Kier molecular flexibility index (Phi) is 9.54. The van der Waals surface area contributed by atoms with E-state index in [2.05, 4.69) is 5.32 Å². The quantitative estimate of drug-likeness (QED) is 0.344. The zero-order chi connectivity index (χ0) is 28.7. The molecular weight excluding hydrogens is 554 g/mol. The highest BCUT2D eigenvalue weighted by molar-refractivity contribution is 7.92. The first-order valence-corrected chi connectivity index (χ1v) is 15.0. The summed E-state index contributed by atoms with van der Waals surface area (Å²) in [6, 6.07) is 20.2. The molecule has 1 aliphatic rings. The molecule has 0 spiro atoms. The number of benzene rings is 3. The lowest BCUT2D eigenvalue weighted by Crippen LogP contribution is -2.53. The molecule has 0 unspecified atom stereocenters. The van der Waals surface area contributed by atoms with E-state index < -0.39 is 28.5 Å².